The van der Waals surface area contributed by atoms with Crippen molar-refractivity contribution in [3.05, 3.63) is 36.4 Å². The first-order valence-corrected chi connectivity index (χ1v) is 3.41. The Labute approximate surface area is 65.9 Å². The van der Waals surface area contributed by atoms with Gasteiger partial charge in [0.1, 0.15) is 0 Å². The van der Waals surface area contributed by atoms with Gasteiger partial charge in [-0.05, 0) is 0 Å². The fourth-order valence-electron chi connectivity index (χ4n) is 0.385. The average molecular weight is 133 g/mol. The highest BCUT2D eigenvalue weighted by Gasteiger charge is 1.57. The first-order valence-electron chi connectivity index (χ1n) is 3.41. The van der Waals surface area contributed by atoms with Crippen LogP contribution in [-0.4, -0.2) is 8.41 Å². The van der Waals surface area contributed by atoms with Crippen LogP contribution in [0.5, 0.6) is 0 Å². The van der Waals surface area contributed by atoms with E-state index < -0.39 is 0 Å². The summed E-state index contributed by atoms with van der Waals surface area (Å²) in [6.07, 6.45) is 1.25. The maximum atomic E-state index is 2.12. The highest BCUT2D eigenvalue weighted by molar-refractivity contribution is 5.75. The molecular formula is C9H14B. The third kappa shape index (κ3) is 10.3. The number of hydrogen-bond donors (Lipinski definition) is 0. The molecule has 0 N–H and O–H groups in total. The maximum Gasteiger partial charge on any atom is 0 e. The van der Waals surface area contributed by atoms with Crippen LogP contribution in [0.3, 0.4) is 0 Å². The van der Waals surface area contributed by atoms with Gasteiger partial charge in [-0.25, -0.2) is 0 Å². The van der Waals surface area contributed by atoms with Crippen molar-refractivity contribution in [1.82, 2.24) is 0 Å². The van der Waals surface area contributed by atoms with Gasteiger partial charge in [-0.15, -0.1) is 0 Å². The van der Waals surface area contributed by atoms with E-state index in [4.69, 9.17) is 0 Å². The van der Waals surface area contributed by atoms with Gasteiger partial charge in [-0.1, -0.05) is 56.7 Å². The van der Waals surface area contributed by atoms with Crippen LogP contribution in [0.4, 0.5) is 0 Å². The van der Waals surface area contributed by atoms with E-state index in [2.05, 4.69) is 13.8 Å². The monoisotopic (exact) mass is 133 g/mol. The molecule has 3 radical (unpaired) electrons. The molecule has 0 aromatic heterocycles. The number of rotatable bonds is 0. The Kier molecular flexibility index (Phi) is 13.4. The van der Waals surface area contributed by atoms with Crippen LogP contribution >= 0.6 is 0 Å². The molecule has 0 unspecified atom stereocenters. The lowest BCUT2D eigenvalue weighted by Crippen LogP contribution is -1.47. The summed E-state index contributed by atoms with van der Waals surface area (Å²) in [6.45, 7) is 4.25. The molecule has 0 amide bonds. The van der Waals surface area contributed by atoms with Crippen LogP contribution in [0.15, 0.2) is 36.4 Å². The number of benzene rings is 1. The Balaban J connectivity index is 0. The van der Waals surface area contributed by atoms with E-state index in [1.807, 2.05) is 36.4 Å². The van der Waals surface area contributed by atoms with Gasteiger partial charge in [0, 0.05) is 8.41 Å². The Morgan fingerprint density at radius 1 is 0.700 bits per heavy atom. The third-order valence-corrected chi connectivity index (χ3v) is 0.667. The van der Waals surface area contributed by atoms with Gasteiger partial charge in [0.15, 0.2) is 0 Å². The summed E-state index contributed by atoms with van der Waals surface area (Å²) in [7, 11) is 0. The van der Waals surface area contributed by atoms with Crippen molar-refractivity contribution in [2.45, 2.75) is 20.3 Å². The molecule has 0 aliphatic rings. The highest BCUT2D eigenvalue weighted by atomic mass is 13.6. The molecule has 0 nitrogen and oxygen atoms in total. The van der Waals surface area contributed by atoms with Crippen molar-refractivity contribution >= 4 is 8.41 Å². The molecule has 1 heteroatoms. The van der Waals surface area contributed by atoms with Crippen LogP contribution in [0.2, 0.25) is 0 Å². The van der Waals surface area contributed by atoms with Gasteiger partial charge in [-0.3, -0.25) is 0 Å². The Bertz CT molecular complexity index is 87.6. The van der Waals surface area contributed by atoms with E-state index in [0.29, 0.717) is 0 Å². The Morgan fingerprint density at radius 3 is 0.900 bits per heavy atom. The maximum absolute atomic E-state index is 2.12. The van der Waals surface area contributed by atoms with Crippen molar-refractivity contribution in [2.75, 3.05) is 0 Å². The van der Waals surface area contributed by atoms with Crippen LogP contribution in [0.25, 0.3) is 0 Å². The van der Waals surface area contributed by atoms with Gasteiger partial charge in [-0.2, -0.15) is 0 Å². The quantitative estimate of drug-likeness (QED) is 0.477. The van der Waals surface area contributed by atoms with Crippen LogP contribution in [0, 0.1) is 0 Å². The summed E-state index contributed by atoms with van der Waals surface area (Å²) in [5.41, 5.74) is 0. The minimum absolute atomic E-state index is 0. The second-order valence-electron chi connectivity index (χ2n) is 1.86. The second kappa shape index (κ2) is 11.1. The van der Waals surface area contributed by atoms with E-state index in [-0.39, 0.29) is 8.41 Å². The van der Waals surface area contributed by atoms with Crippen molar-refractivity contribution < 1.29 is 0 Å². The fraction of sp³-hybridized carbons (Fsp3) is 0.333. The molecule has 0 saturated heterocycles. The zero-order chi connectivity index (χ0) is 6.95. The molecule has 0 aliphatic carbocycles. The smallest absolute Gasteiger partial charge is 0 e. The Morgan fingerprint density at radius 2 is 0.800 bits per heavy atom. The largest absolute Gasteiger partial charge is 0.0656 e. The summed E-state index contributed by atoms with van der Waals surface area (Å²) in [5, 5.41) is 0. The molecule has 0 heterocycles. The molecule has 0 aliphatic heterocycles. The van der Waals surface area contributed by atoms with Crippen LogP contribution in [0.1, 0.15) is 20.3 Å². The lowest BCUT2D eigenvalue weighted by molar-refractivity contribution is 1.09. The van der Waals surface area contributed by atoms with E-state index in [0.717, 1.165) is 0 Å². The molecule has 1 aromatic rings. The van der Waals surface area contributed by atoms with E-state index in [1.54, 1.807) is 0 Å². The zero-order valence-electron chi connectivity index (χ0n) is 6.75. The molecule has 0 atom stereocenters. The SMILES string of the molecule is CCC.[B].c1ccccc1. The van der Waals surface area contributed by atoms with Crippen molar-refractivity contribution in [3.63, 3.8) is 0 Å². The lowest BCUT2D eigenvalue weighted by Gasteiger charge is -1.69. The van der Waals surface area contributed by atoms with Gasteiger partial charge >= 0.3 is 0 Å². The topological polar surface area (TPSA) is 0 Å². The molecule has 0 bridgehead atoms. The van der Waals surface area contributed by atoms with E-state index >= 15 is 0 Å². The van der Waals surface area contributed by atoms with E-state index in [9.17, 15) is 0 Å². The summed E-state index contributed by atoms with van der Waals surface area (Å²) in [5.74, 6) is 0. The van der Waals surface area contributed by atoms with Crippen LogP contribution in [-0.2, 0) is 0 Å². The van der Waals surface area contributed by atoms with E-state index in [1.165, 1.54) is 6.42 Å². The molecule has 0 spiro atoms. The van der Waals surface area contributed by atoms with Gasteiger partial charge in [0.2, 0.25) is 0 Å². The van der Waals surface area contributed by atoms with Gasteiger partial charge < -0.3 is 0 Å². The molecular weight excluding hydrogens is 119 g/mol. The zero-order valence-corrected chi connectivity index (χ0v) is 6.75. The van der Waals surface area contributed by atoms with Crippen molar-refractivity contribution in [3.8, 4) is 0 Å². The third-order valence-electron chi connectivity index (χ3n) is 0.667. The standard InChI is InChI=1S/C6H6.C3H8.B/c1-2-4-6-5-3-1;1-3-2;/h1-6H;3H2,1-2H3;. The first kappa shape index (κ1) is 12.0. The molecule has 1 aromatic carbocycles. The minimum Gasteiger partial charge on any atom is -0.0656 e. The summed E-state index contributed by atoms with van der Waals surface area (Å²) in [6, 6.07) is 12.0. The highest BCUT2D eigenvalue weighted by Crippen LogP contribution is 1.79. The predicted octanol–water partition coefficient (Wildman–Crippen LogP) is 2.72. The van der Waals surface area contributed by atoms with Gasteiger partial charge in [0.25, 0.3) is 0 Å². The minimum atomic E-state index is 0. The Hall–Kier alpha value is -0.715. The molecule has 1 rings (SSSR count). The van der Waals surface area contributed by atoms with Gasteiger partial charge in [0.05, 0.1) is 0 Å². The first-order chi connectivity index (χ1) is 4.41. The summed E-state index contributed by atoms with van der Waals surface area (Å²) < 4.78 is 0. The summed E-state index contributed by atoms with van der Waals surface area (Å²) in [4.78, 5) is 0. The van der Waals surface area contributed by atoms with Crippen LogP contribution < -0.4 is 0 Å². The van der Waals surface area contributed by atoms with Crippen molar-refractivity contribution in [1.29, 1.82) is 0 Å². The summed E-state index contributed by atoms with van der Waals surface area (Å²) >= 11 is 0. The lowest BCUT2D eigenvalue weighted by atomic mass is 10.4. The molecule has 0 fully saturated rings. The predicted molar refractivity (Wildman–Crippen MR) is 48.2 cm³/mol. The molecule has 10 heavy (non-hydrogen) atoms. The number of hydrogen-bond acceptors (Lipinski definition) is 0. The second-order valence-corrected chi connectivity index (χ2v) is 1.86. The van der Waals surface area contributed by atoms with Crippen molar-refractivity contribution in [2.24, 2.45) is 0 Å². The molecule has 0 saturated carbocycles. The normalized spacial score (nSPS) is 6.60. The fourth-order valence-corrected chi connectivity index (χ4v) is 0.385. The molecule has 53 valence electrons. The average Bonchev–Trinajstić information content (AvgIpc) is 1.93.